The van der Waals surface area contributed by atoms with E-state index in [2.05, 4.69) is 30.8 Å². The van der Waals surface area contributed by atoms with E-state index < -0.39 is 0 Å². The number of allylic oxidation sites excluding steroid dienone is 1. The second kappa shape index (κ2) is 10.2. The van der Waals surface area contributed by atoms with E-state index in [1.54, 1.807) is 7.11 Å². The molecule has 2 heterocycles. The Kier molecular flexibility index (Phi) is 6.73. The number of aromatic amines is 1. The lowest BCUT2D eigenvalue weighted by atomic mass is 9.95. The van der Waals surface area contributed by atoms with Crippen LogP contribution in [0.1, 0.15) is 44.0 Å². The number of imidazole rings is 1. The first-order valence-corrected chi connectivity index (χ1v) is 12.7. The third kappa shape index (κ3) is 4.75. The molecule has 5 rings (SSSR count). The van der Waals surface area contributed by atoms with Gasteiger partial charge < -0.3 is 14.8 Å². The monoisotopic (exact) mass is 486 g/mol. The first-order chi connectivity index (χ1) is 17.2. The first-order valence-electron chi connectivity index (χ1n) is 11.7. The number of para-hydroxylation sites is 2. The molecule has 0 spiro atoms. The minimum Gasteiger partial charge on any atom is -0.510 e. The van der Waals surface area contributed by atoms with Crippen molar-refractivity contribution >= 4 is 28.4 Å². The van der Waals surface area contributed by atoms with Gasteiger partial charge in [0.25, 0.3) is 0 Å². The molecule has 1 saturated carbocycles. The third-order valence-electron chi connectivity index (χ3n) is 6.32. The number of nitrogens with one attached hydrogen (secondary N) is 1. The van der Waals surface area contributed by atoms with Crippen LogP contribution in [0.4, 0.5) is 0 Å². The Balaban J connectivity index is 1.44. The molecule has 35 heavy (non-hydrogen) atoms. The summed E-state index contributed by atoms with van der Waals surface area (Å²) in [7, 11) is 1.65. The van der Waals surface area contributed by atoms with Crippen LogP contribution in [0.3, 0.4) is 0 Å². The van der Waals surface area contributed by atoms with Crippen LogP contribution < -0.4 is 4.74 Å². The zero-order valence-electron chi connectivity index (χ0n) is 19.4. The maximum absolute atomic E-state index is 10.8. The van der Waals surface area contributed by atoms with Crippen LogP contribution in [0.15, 0.2) is 59.4 Å². The predicted molar refractivity (Wildman–Crippen MR) is 136 cm³/mol. The number of nitriles is 1. The number of thioether (sulfide) groups is 1. The Morgan fingerprint density at radius 2 is 1.91 bits per heavy atom. The van der Waals surface area contributed by atoms with E-state index in [1.165, 1.54) is 31.0 Å². The SMILES string of the molecule is COc1ccc(-c2nnc(SC/C(O)=C(\C#N)c3nc4ccccc4[nH]3)n2C2CCCCC2)cc1. The van der Waals surface area contributed by atoms with Crippen molar-refractivity contribution in [3.63, 3.8) is 0 Å². The van der Waals surface area contributed by atoms with Gasteiger partial charge in [0.2, 0.25) is 0 Å². The molecule has 0 unspecified atom stereocenters. The minimum atomic E-state index is -0.0410. The number of methoxy groups -OCH3 is 1. The van der Waals surface area contributed by atoms with Gasteiger partial charge in [-0.15, -0.1) is 10.2 Å². The molecule has 1 aliphatic rings. The Bertz CT molecular complexity index is 1360. The average molecular weight is 487 g/mol. The molecule has 1 fully saturated rings. The highest BCUT2D eigenvalue weighted by molar-refractivity contribution is 7.99. The van der Waals surface area contributed by atoms with Crippen LogP contribution in [0.2, 0.25) is 0 Å². The van der Waals surface area contributed by atoms with Crippen molar-refractivity contribution in [2.45, 2.75) is 43.3 Å². The van der Waals surface area contributed by atoms with Gasteiger partial charge in [-0.2, -0.15) is 5.26 Å². The maximum Gasteiger partial charge on any atom is 0.192 e. The standard InChI is InChI=1S/C26H26N6O2S/c1-34-19-13-11-17(12-14-19)25-30-31-26(32(25)18-7-3-2-4-8-18)35-16-23(33)20(15-27)24-28-21-9-5-6-10-22(21)29-24/h5-6,9-14,18,33H,2-4,7-8,16H2,1H3,(H,28,29)/b23-20-. The van der Waals surface area contributed by atoms with Gasteiger partial charge in [0, 0.05) is 11.6 Å². The number of fused-ring (bicyclic) bond motifs is 1. The van der Waals surface area contributed by atoms with Crippen molar-refractivity contribution in [1.82, 2.24) is 24.7 Å². The normalized spacial score (nSPS) is 15.1. The van der Waals surface area contributed by atoms with Gasteiger partial charge in [-0.1, -0.05) is 43.2 Å². The number of hydrogen-bond acceptors (Lipinski definition) is 7. The number of nitrogens with zero attached hydrogens (tertiary/aromatic N) is 5. The quantitative estimate of drug-likeness (QED) is 0.189. The number of aliphatic hydroxyl groups is 1. The highest BCUT2D eigenvalue weighted by Crippen LogP contribution is 2.36. The highest BCUT2D eigenvalue weighted by Gasteiger charge is 2.24. The van der Waals surface area contributed by atoms with Crippen molar-refractivity contribution < 1.29 is 9.84 Å². The number of ether oxygens (including phenoxy) is 1. The molecule has 1 aliphatic carbocycles. The molecule has 0 aliphatic heterocycles. The lowest BCUT2D eigenvalue weighted by Gasteiger charge is -2.25. The van der Waals surface area contributed by atoms with Gasteiger partial charge in [-0.3, -0.25) is 4.57 Å². The van der Waals surface area contributed by atoms with Gasteiger partial charge >= 0.3 is 0 Å². The number of H-pyrrole nitrogens is 1. The fraction of sp³-hybridized carbons (Fsp3) is 0.308. The molecule has 0 amide bonds. The fourth-order valence-electron chi connectivity index (χ4n) is 4.51. The van der Waals surface area contributed by atoms with Crippen molar-refractivity contribution in [2.24, 2.45) is 0 Å². The second-order valence-electron chi connectivity index (χ2n) is 8.52. The summed E-state index contributed by atoms with van der Waals surface area (Å²) in [5, 5.41) is 30.3. The second-order valence-corrected chi connectivity index (χ2v) is 9.46. The van der Waals surface area contributed by atoms with Crippen LogP contribution in [0, 0.1) is 11.3 Å². The fourth-order valence-corrected chi connectivity index (χ4v) is 5.39. The van der Waals surface area contributed by atoms with E-state index >= 15 is 0 Å². The molecule has 0 radical (unpaired) electrons. The molecule has 2 aromatic heterocycles. The summed E-state index contributed by atoms with van der Waals surface area (Å²) in [5.41, 5.74) is 2.66. The van der Waals surface area contributed by atoms with Crippen LogP contribution in [0.25, 0.3) is 28.0 Å². The van der Waals surface area contributed by atoms with Crippen LogP contribution in [0.5, 0.6) is 5.75 Å². The third-order valence-corrected chi connectivity index (χ3v) is 7.27. The molecule has 8 nitrogen and oxygen atoms in total. The number of benzene rings is 2. The topological polar surface area (TPSA) is 113 Å². The molecule has 178 valence electrons. The molecular weight excluding hydrogens is 460 g/mol. The molecule has 4 aromatic rings. The Hall–Kier alpha value is -3.77. The van der Waals surface area contributed by atoms with Gasteiger partial charge in [-0.25, -0.2) is 4.98 Å². The number of aromatic nitrogens is 5. The van der Waals surface area contributed by atoms with Crippen molar-refractivity contribution in [1.29, 1.82) is 5.26 Å². The molecule has 2 N–H and O–H groups in total. The summed E-state index contributed by atoms with van der Waals surface area (Å²) in [6.45, 7) is 0. The van der Waals surface area contributed by atoms with Gasteiger partial charge in [0.15, 0.2) is 16.8 Å². The first kappa shape index (κ1) is 23.0. The van der Waals surface area contributed by atoms with Gasteiger partial charge in [0.1, 0.15) is 23.2 Å². The van der Waals surface area contributed by atoms with Gasteiger partial charge in [0.05, 0.1) is 23.9 Å². The summed E-state index contributed by atoms with van der Waals surface area (Å²) in [6, 6.07) is 17.8. The minimum absolute atomic E-state index is 0.0410. The van der Waals surface area contributed by atoms with Crippen molar-refractivity contribution in [2.75, 3.05) is 12.9 Å². The maximum atomic E-state index is 10.8. The molecule has 0 atom stereocenters. The lowest BCUT2D eigenvalue weighted by molar-refractivity contribution is 0.339. The summed E-state index contributed by atoms with van der Waals surface area (Å²) >= 11 is 1.38. The van der Waals surface area contributed by atoms with E-state index in [0.717, 1.165) is 46.2 Å². The van der Waals surface area contributed by atoms with E-state index in [0.29, 0.717) is 11.9 Å². The van der Waals surface area contributed by atoms with Crippen molar-refractivity contribution in [3.05, 3.63) is 60.1 Å². The molecule has 0 saturated heterocycles. The summed E-state index contributed by atoms with van der Waals surface area (Å²) in [6.07, 6.45) is 5.72. The predicted octanol–water partition coefficient (Wildman–Crippen LogP) is 5.92. The van der Waals surface area contributed by atoms with Crippen LogP contribution in [-0.4, -0.2) is 42.7 Å². The average Bonchev–Trinajstić information content (AvgIpc) is 3.53. The van der Waals surface area contributed by atoms with E-state index in [-0.39, 0.29) is 17.1 Å². The molecule has 2 aromatic carbocycles. The Morgan fingerprint density at radius 1 is 1.14 bits per heavy atom. The van der Waals surface area contributed by atoms with Crippen molar-refractivity contribution in [3.8, 4) is 23.2 Å². The smallest absolute Gasteiger partial charge is 0.192 e. The molecule has 0 bridgehead atoms. The number of rotatable bonds is 7. The molecule has 9 heteroatoms. The lowest BCUT2D eigenvalue weighted by Crippen LogP contribution is -2.15. The van der Waals surface area contributed by atoms with E-state index in [4.69, 9.17) is 4.74 Å². The number of hydrogen-bond donors (Lipinski definition) is 2. The molecular formula is C26H26N6O2S. The number of aliphatic hydroxyl groups excluding tert-OH is 1. The Morgan fingerprint density at radius 3 is 2.63 bits per heavy atom. The zero-order valence-corrected chi connectivity index (χ0v) is 20.3. The summed E-state index contributed by atoms with van der Waals surface area (Å²) in [5.74, 6) is 2.10. The van der Waals surface area contributed by atoms with E-state index in [1.807, 2.05) is 48.5 Å². The largest absolute Gasteiger partial charge is 0.510 e. The summed E-state index contributed by atoms with van der Waals surface area (Å²) < 4.78 is 7.50. The zero-order chi connectivity index (χ0) is 24.2. The summed E-state index contributed by atoms with van der Waals surface area (Å²) in [4.78, 5) is 7.58. The van der Waals surface area contributed by atoms with Crippen LogP contribution in [-0.2, 0) is 0 Å². The van der Waals surface area contributed by atoms with Gasteiger partial charge in [-0.05, 0) is 49.2 Å². The Labute approximate surface area is 207 Å². The van der Waals surface area contributed by atoms with E-state index in [9.17, 15) is 10.4 Å². The van der Waals surface area contributed by atoms with Crippen LogP contribution >= 0.6 is 11.8 Å². The highest BCUT2D eigenvalue weighted by atomic mass is 32.2.